The Kier molecular flexibility index (Phi) is 16.1. The summed E-state index contributed by atoms with van der Waals surface area (Å²) in [5.74, 6) is 1.61. The molecule has 2 atom stereocenters. The molecule has 0 aliphatic rings. The summed E-state index contributed by atoms with van der Waals surface area (Å²) in [5.41, 5.74) is 1.39. The minimum absolute atomic E-state index is 0.291. The van der Waals surface area contributed by atoms with E-state index in [0.29, 0.717) is 18.1 Å². The zero-order valence-electron chi connectivity index (χ0n) is 15.1. The SMILES string of the molecule is CC.CCCC(CC)C/C(=C/C(=O)CC)C(C)CCC. The molecule has 0 amide bonds. The van der Waals surface area contributed by atoms with Crippen molar-refractivity contribution < 1.29 is 4.79 Å². The van der Waals surface area contributed by atoms with Crippen LogP contribution in [-0.4, -0.2) is 5.78 Å². The molecule has 0 radical (unpaired) electrons. The zero-order valence-corrected chi connectivity index (χ0v) is 15.1. The summed E-state index contributed by atoms with van der Waals surface area (Å²) in [7, 11) is 0. The number of carbonyl (C=O) groups excluding carboxylic acids is 1. The van der Waals surface area contributed by atoms with Crippen LogP contribution in [0.2, 0.25) is 0 Å². The van der Waals surface area contributed by atoms with Crippen LogP contribution in [0.15, 0.2) is 11.6 Å². The quantitative estimate of drug-likeness (QED) is 0.414. The minimum atomic E-state index is 0.291. The van der Waals surface area contributed by atoms with Gasteiger partial charge in [-0.2, -0.15) is 0 Å². The van der Waals surface area contributed by atoms with Gasteiger partial charge < -0.3 is 0 Å². The third kappa shape index (κ3) is 10.2. The molecule has 0 aliphatic heterocycles. The average Bonchev–Trinajstić information content (AvgIpc) is 2.47. The van der Waals surface area contributed by atoms with Crippen molar-refractivity contribution >= 4 is 5.78 Å². The van der Waals surface area contributed by atoms with E-state index >= 15 is 0 Å². The van der Waals surface area contributed by atoms with Crippen LogP contribution in [0.3, 0.4) is 0 Å². The Balaban J connectivity index is 0. The third-order valence-corrected chi connectivity index (χ3v) is 3.85. The Hall–Kier alpha value is -0.590. The zero-order chi connectivity index (χ0) is 16.0. The van der Waals surface area contributed by atoms with E-state index in [1.54, 1.807) is 0 Å². The summed E-state index contributed by atoms with van der Waals surface area (Å²) in [6.07, 6.45) is 9.85. The van der Waals surface area contributed by atoms with E-state index in [1.165, 1.54) is 37.7 Å². The molecule has 0 aromatic heterocycles. The lowest BCUT2D eigenvalue weighted by Crippen LogP contribution is -2.08. The molecule has 0 N–H and O–H groups in total. The lowest BCUT2D eigenvalue weighted by atomic mass is 9.85. The van der Waals surface area contributed by atoms with E-state index < -0.39 is 0 Å². The van der Waals surface area contributed by atoms with Crippen LogP contribution in [0.25, 0.3) is 0 Å². The van der Waals surface area contributed by atoms with Gasteiger partial charge >= 0.3 is 0 Å². The molecular formula is C19H38O. The highest BCUT2D eigenvalue weighted by atomic mass is 16.1. The normalized spacial score (nSPS) is 14.2. The molecule has 0 spiro atoms. The van der Waals surface area contributed by atoms with Crippen LogP contribution in [0, 0.1) is 11.8 Å². The highest BCUT2D eigenvalue weighted by Gasteiger charge is 2.14. The van der Waals surface area contributed by atoms with Crippen LogP contribution in [-0.2, 0) is 4.79 Å². The van der Waals surface area contributed by atoms with E-state index in [9.17, 15) is 4.79 Å². The lowest BCUT2D eigenvalue weighted by Gasteiger charge is -2.21. The first-order valence-electron chi connectivity index (χ1n) is 8.82. The summed E-state index contributed by atoms with van der Waals surface area (Å²) in [6, 6.07) is 0. The summed E-state index contributed by atoms with van der Waals surface area (Å²) < 4.78 is 0. The summed E-state index contributed by atoms with van der Waals surface area (Å²) in [4.78, 5) is 11.7. The number of carbonyl (C=O) groups is 1. The molecule has 1 nitrogen and oxygen atoms in total. The van der Waals surface area contributed by atoms with Crippen LogP contribution in [0.4, 0.5) is 0 Å². The Morgan fingerprint density at radius 1 is 1.00 bits per heavy atom. The van der Waals surface area contributed by atoms with Crippen molar-refractivity contribution in [3.63, 3.8) is 0 Å². The Bertz CT molecular complexity index is 252. The Labute approximate surface area is 128 Å². The van der Waals surface area contributed by atoms with Gasteiger partial charge in [-0.05, 0) is 30.8 Å². The molecule has 0 saturated heterocycles. The minimum Gasteiger partial charge on any atom is -0.295 e. The standard InChI is InChI=1S/C17H32O.C2H6/c1-6-10-14(5)16(13-17(18)9-4)12-15(8-3)11-7-2;1-2/h13-15H,6-12H2,1-5H3;1-2H3/b16-13-;. The summed E-state index contributed by atoms with van der Waals surface area (Å²) in [6.45, 7) is 15.0. The van der Waals surface area contributed by atoms with Crippen LogP contribution >= 0.6 is 0 Å². The molecule has 20 heavy (non-hydrogen) atoms. The van der Waals surface area contributed by atoms with Gasteiger partial charge in [0.1, 0.15) is 0 Å². The number of rotatable bonds is 10. The number of hydrogen-bond donors (Lipinski definition) is 0. The maximum Gasteiger partial charge on any atom is 0.155 e. The molecular weight excluding hydrogens is 244 g/mol. The molecule has 120 valence electrons. The summed E-state index contributed by atoms with van der Waals surface area (Å²) in [5, 5.41) is 0. The van der Waals surface area contributed by atoms with Crippen molar-refractivity contribution in [3.05, 3.63) is 11.6 Å². The predicted molar refractivity (Wildman–Crippen MR) is 92.1 cm³/mol. The van der Waals surface area contributed by atoms with Crippen LogP contribution in [0.5, 0.6) is 0 Å². The molecule has 0 fully saturated rings. The highest BCUT2D eigenvalue weighted by molar-refractivity contribution is 5.90. The van der Waals surface area contributed by atoms with Gasteiger partial charge in [-0.25, -0.2) is 0 Å². The van der Waals surface area contributed by atoms with Gasteiger partial charge in [0, 0.05) is 6.42 Å². The average molecular weight is 283 g/mol. The molecule has 0 rings (SSSR count). The predicted octanol–water partition coefficient (Wildman–Crippen LogP) is 6.57. The van der Waals surface area contributed by atoms with Crippen LogP contribution < -0.4 is 0 Å². The monoisotopic (exact) mass is 282 g/mol. The largest absolute Gasteiger partial charge is 0.295 e. The topological polar surface area (TPSA) is 17.1 Å². The molecule has 0 aliphatic carbocycles. The lowest BCUT2D eigenvalue weighted by molar-refractivity contribution is -0.114. The van der Waals surface area contributed by atoms with Gasteiger partial charge in [0.05, 0.1) is 0 Å². The fraction of sp³-hybridized carbons (Fsp3) is 0.842. The first kappa shape index (κ1) is 21.7. The Morgan fingerprint density at radius 3 is 1.95 bits per heavy atom. The molecule has 1 heteroatoms. The van der Waals surface area contributed by atoms with Gasteiger partial charge in [0.25, 0.3) is 0 Å². The van der Waals surface area contributed by atoms with E-state index in [0.717, 1.165) is 12.3 Å². The van der Waals surface area contributed by atoms with E-state index in [-0.39, 0.29) is 0 Å². The third-order valence-electron chi connectivity index (χ3n) is 3.85. The van der Waals surface area contributed by atoms with E-state index in [2.05, 4.69) is 27.7 Å². The van der Waals surface area contributed by atoms with Crippen molar-refractivity contribution in [1.29, 1.82) is 0 Å². The van der Waals surface area contributed by atoms with Gasteiger partial charge in [-0.1, -0.05) is 79.7 Å². The first-order valence-corrected chi connectivity index (χ1v) is 8.82. The molecule has 0 saturated carbocycles. The van der Waals surface area contributed by atoms with Gasteiger partial charge in [0.2, 0.25) is 0 Å². The molecule has 0 heterocycles. The fourth-order valence-electron chi connectivity index (χ4n) is 2.52. The molecule has 0 aromatic carbocycles. The van der Waals surface area contributed by atoms with Crippen molar-refractivity contribution in [2.24, 2.45) is 11.8 Å². The number of hydrogen-bond acceptors (Lipinski definition) is 1. The first-order chi connectivity index (χ1) is 9.58. The maximum atomic E-state index is 11.7. The van der Waals surface area contributed by atoms with Crippen LogP contribution in [0.1, 0.15) is 93.4 Å². The summed E-state index contributed by atoms with van der Waals surface area (Å²) >= 11 is 0. The second-order valence-electron chi connectivity index (χ2n) is 5.50. The van der Waals surface area contributed by atoms with Gasteiger partial charge in [-0.15, -0.1) is 0 Å². The van der Waals surface area contributed by atoms with Gasteiger partial charge in [-0.3, -0.25) is 4.79 Å². The number of allylic oxidation sites excluding steroid dienone is 2. The van der Waals surface area contributed by atoms with Crippen molar-refractivity contribution in [3.8, 4) is 0 Å². The molecule has 0 bridgehead atoms. The van der Waals surface area contributed by atoms with Crippen molar-refractivity contribution in [2.75, 3.05) is 0 Å². The second kappa shape index (κ2) is 14.8. The van der Waals surface area contributed by atoms with Crippen molar-refractivity contribution in [1.82, 2.24) is 0 Å². The van der Waals surface area contributed by atoms with E-state index in [4.69, 9.17) is 0 Å². The number of ketones is 1. The van der Waals surface area contributed by atoms with E-state index in [1.807, 2.05) is 26.8 Å². The smallest absolute Gasteiger partial charge is 0.155 e. The Morgan fingerprint density at radius 2 is 1.55 bits per heavy atom. The molecule has 2 unspecified atom stereocenters. The second-order valence-corrected chi connectivity index (χ2v) is 5.50. The highest BCUT2D eigenvalue weighted by Crippen LogP contribution is 2.27. The maximum absolute atomic E-state index is 11.7. The van der Waals surface area contributed by atoms with Gasteiger partial charge in [0.15, 0.2) is 5.78 Å². The van der Waals surface area contributed by atoms with Crippen molar-refractivity contribution in [2.45, 2.75) is 93.4 Å². The fourth-order valence-corrected chi connectivity index (χ4v) is 2.52. The molecule has 0 aromatic rings.